The van der Waals surface area contributed by atoms with Crippen LogP contribution in [0.25, 0.3) is 0 Å². The van der Waals surface area contributed by atoms with E-state index in [4.69, 9.17) is 9.47 Å². The van der Waals surface area contributed by atoms with Gasteiger partial charge < -0.3 is 14.3 Å². The molecule has 0 aromatic heterocycles. The number of aldehydes is 1. The van der Waals surface area contributed by atoms with Crippen molar-refractivity contribution in [1.82, 2.24) is 0 Å². The van der Waals surface area contributed by atoms with Gasteiger partial charge in [0.05, 0.1) is 13.2 Å². The average molecular weight is 228 g/mol. The number of hydrogen-bond acceptors (Lipinski definition) is 3. The summed E-state index contributed by atoms with van der Waals surface area (Å²) < 4.78 is 11.3. The Labute approximate surface area is 98.5 Å². The van der Waals surface area contributed by atoms with Crippen LogP contribution in [0.2, 0.25) is 0 Å². The number of ether oxygens (including phenoxy) is 2. The Morgan fingerprint density at radius 3 is 2.38 bits per heavy atom. The van der Waals surface area contributed by atoms with Gasteiger partial charge in [-0.25, -0.2) is 0 Å². The molecule has 1 saturated heterocycles. The van der Waals surface area contributed by atoms with Gasteiger partial charge in [-0.15, -0.1) is 0 Å². The molecule has 0 N–H and O–H groups in total. The maximum Gasteiger partial charge on any atom is 0.168 e. The molecule has 0 bridgehead atoms. The molecule has 0 spiro atoms. The topological polar surface area (TPSA) is 35.5 Å². The van der Waals surface area contributed by atoms with Crippen molar-refractivity contribution in [2.24, 2.45) is 0 Å². The van der Waals surface area contributed by atoms with E-state index in [1.165, 1.54) is 25.7 Å². The minimum atomic E-state index is -0.437. The van der Waals surface area contributed by atoms with E-state index in [9.17, 15) is 4.79 Å². The van der Waals surface area contributed by atoms with E-state index in [2.05, 4.69) is 6.92 Å². The van der Waals surface area contributed by atoms with Crippen LogP contribution in [0, 0.1) is 0 Å². The number of hydrogen-bond donors (Lipinski definition) is 0. The third-order valence-electron chi connectivity index (χ3n) is 3.12. The highest BCUT2D eigenvalue weighted by Crippen LogP contribution is 2.30. The summed E-state index contributed by atoms with van der Waals surface area (Å²) in [5.74, 6) is -0.437. The first-order valence-electron chi connectivity index (χ1n) is 6.54. The molecule has 0 aromatic carbocycles. The normalized spacial score (nSPS) is 18.8. The lowest BCUT2D eigenvalue weighted by Gasteiger charge is -2.26. The molecule has 1 heterocycles. The monoisotopic (exact) mass is 228 g/mol. The number of rotatable bonds is 9. The van der Waals surface area contributed by atoms with Crippen LogP contribution < -0.4 is 0 Å². The maximum absolute atomic E-state index is 10.4. The van der Waals surface area contributed by atoms with Crippen LogP contribution in [0.4, 0.5) is 0 Å². The minimum absolute atomic E-state index is 0.437. The van der Waals surface area contributed by atoms with Gasteiger partial charge in [0.25, 0.3) is 0 Å². The molecule has 16 heavy (non-hydrogen) atoms. The lowest BCUT2D eigenvalue weighted by Crippen LogP contribution is -2.30. The summed E-state index contributed by atoms with van der Waals surface area (Å²) in [6, 6.07) is 0. The Balaban J connectivity index is 2.19. The number of unbranched alkanes of at least 4 members (excludes halogenated alkanes) is 4. The fraction of sp³-hybridized carbons (Fsp3) is 0.923. The van der Waals surface area contributed by atoms with Crippen LogP contribution in [-0.4, -0.2) is 25.3 Å². The van der Waals surface area contributed by atoms with Gasteiger partial charge in [-0.3, -0.25) is 0 Å². The second-order valence-electron chi connectivity index (χ2n) is 4.48. The third-order valence-corrected chi connectivity index (χ3v) is 3.12. The average Bonchev–Trinajstić information content (AvgIpc) is 2.76. The molecule has 0 atom stereocenters. The maximum atomic E-state index is 10.4. The van der Waals surface area contributed by atoms with E-state index in [0.717, 1.165) is 19.1 Å². The Bertz CT molecular complexity index is 186. The van der Waals surface area contributed by atoms with Crippen molar-refractivity contribution in [2.45, 2.75) is 64.1 Å². The highest BCUT2D eigenvalue weighted by molar-refractivity contribution is 5.49. The minimum Gasteiger partial charge on any atom is -0.348 e. The highest BCUT2D eigenvalue weighted by Gasteiger charge is 2.35. The summed E-state index contributed by atoms with van der Waals surface area (Å²) in [6.45, 7) is 3.57. The molecule has 0 saturated carbocycles. The van der Waals surface area contributed by atoms with E-state index in [-0.39, 0.29) is 0 Å². The van der Waals surface area contributed by atoms with E-state index in [1.807, 2.05) is 0 Å². The number of carbonyl (C=O) groups excluding carboxylic acids is 1. The van der Waals surface area contributed by atoms with Gasteiger partial charge in [0.15, 0.2) is 5.79 Å². The van der Waals surface area contributed by atoms with Crippen molar-refractivity contribution in [3.63, 3.8) is 0 Å². The zero-order valence-electron chi connectivity index (χ0n) is 10.4. The van der Waals surface area contributed by atoms with Crippen LogP contribution >= 0.6 is 0 Å². The van der Waals surface area contributed by atoms with Gasteiger partial charge in [-0.05, 0) is 6.42 Å². The van der Waals surface area contributed by atoms with Crippen molar-refractivity contribution < 1.29 is 14.3 Å². The lowest BCUT2D eigenvalue weighted by molar-refractivity contribution is -0.169. The van der Waals surface area contributed by atoms with E-state index in [1.54, 1.807) is 0 Å². The molecular formula is C13H24O3. The van der Waals surface area contributed by atoms with Gasteiger partial charge in [-0.2, -0.15) is 0 Å². The molecule has 1 aliphatic heterocycles. The predicted octanol–water partition coefficient (Wildman–Crippen LogP) is 3.07. The summed E-state index contributed by atoms with van der Waals surface area (Å²) in [5, 5.41) is 0. The van der Waals surface area contributed by atoms with Gasteiger partial charge in [0.1, 0.15) is 6.29 Å². The van der Waals surface area contributed by atoms with E-state index < -0.39 is 5.79 Å². The molecule has 0 aromatic rings. The molecular weight excluding hydrogens is 204 g/mol. The molecule has 1 fully saturated rings. The van der Waals surface area contributed by atoms with E-state index >= 15 is 0 Å². The Hall–Kier alpha value is -0.410. The lowest BCUT2D eigenvalue weighted by atomic mass is 10.0. The predicted molar refractivity (Wildman–Crippen MR) is 63.3 cm³/mol. The van der Waals surface area contributed by atoms with Crippen LogP contribution in [0.3, 0.4) is 0 Å². The molecule has 3 nitrogen and oxygen atoms in total. The van der Waals surface area contributed by atoms with Crippen LogP contribution in [0.5, 0.6) is 0 Å². The smallest absolute Gasteiger partial charge is 0.168 e. The molecule has 1 rings (SSSR count). The summed E-state index contributed by atoms with van der Waals surface area (Å²) in [7, 11) is 0. The molecule has 94 valence electrons. The molecule has 0 unspecified atom stereocenters. The fourth-order valence-corrected chi connectivity index (χ4v) is 2.19. The van der Waals surface area contributed by atoms with Crippen molar-refractivity contribution in [2.75, 3.05) is 13.2 Å². The van der Waals surface area contributed by atoms with Gasteiger partial charge >= 0.3 is 0 Å². The number of carbonyl (C=O) groups is 1. The van der Waals surface area contributed by atoms with Crippen molar-refractivity contribution in [3.05, 3.63) is 0 Å². The van der Waals surface area contributed by atoms with Crippen molar-refractivity contribution in [3.8, 4) is 0 Å². The van der Waals surface area contributed by atoms with E-state index in [0.29, 0.717) is 26.1 Å². The quantitative estimate of drug-likeness (QED) is 0.449. The second kappa shape index (κ2) is 7.80. The standard InChI is InChI=1S/C13H24O3/c1-2-3-4-5-6-8-13(9-7-10-14)15-11-12-16-13/h10H,2-9,11-12H2,1H3. The highest BCUT2D eigenvalue weighted by atomic mass is 16.7. The van der Waals surface area contributed by atoms with Crippen molar-refractivity contribution >= 4 is 6.29 Å². The molecule has 0 radical (unpaired) electrons. The first-order chi connectivity index (χ1) is 7.83. The van der Waals surface area contributed by atoms with Gasteiger partial charge in [0.2, 0.25) is 0 Å². The Morgan fingerprint density at radius 2 is 1.75 bits per heavy atom. The molecule has 0 aliphatic carbocycles. The Kier molecular flexibility index (Phi) is 6.65. The first kappa shape index (κ1) is 13.7. The SMILES string of the molecule is CCCCCCCC1(CCC=O)OCCO1. The largest absolute Gasteiger partial charge is 0.348 e. The fourth-order valence-electron chi connectivity index (χ4n) is 2.19. The molecule has 3 heteroatoms. The zero-order chi connectivity index (χ0) is 11.7. The first-order valence-corrected chi connectivity index (χ1v) is 6.54. The Morgan fingerprint density at radius 1 is 1.06 bits per heavy atom. The van der Waals surface area contributed by atoms with Crippen LogP contribution in [0.15, 0.2) is 0 Å². The van der Waals surface area contributed by atoms with Gasteiger partial charge in [-0.1, -0.05) is 32.6 Å². The molecule has 0 amide bonds. The molecule has 1 aliphatic rings. The third kappa shape index (κ3) is 4.62. The summed E-state index contributed by atoms with van der Waals surface area (Å²) >= 11 is 0. The summed E-state index contributed by atoms with van der Waals surface area (Å²) in [5.41, 5.74) is 0. The summed E-state index contributed by atoms with van der Waals surface area (Å²) in [4.78, 5) is 10.4. The van der Waals surface area contributed by atoms with Crippen molar-refractivity contribution in [1.29, 1.82) is 0 Å². The van der Waals surface area contributed by atoms with Gasteiger partial charge in [0, 0.05) is 19.3 Å². The van der Waals surface area contributed by atoms with Crippen LogP contribution in [-0.2, 0) is 14.3 Å². The zero-order valence-corrected chi connectivity index (χ0v) is 10.4. The summed E-state index contributed by atoms with van der Waals surface area (Å²) in [6.07, 6.45) is 9.38. The van der Waals surface area contributed by atoms with Crippen LogP contribution in [0.1, 0.15) is 58.3 Å². The second-order valence-corrected chi connectivity index (χ2v) is 4.48.